The summed E-state index contributed by atoms with van der Waals surface area (Å²) in [6.07, 6.45) is 0.509. The maximum Gasteiger partial charge on any atom is 0.387 e. The average Bonchev–Trinajstić information content (AvgIpc) is 2.97. The lowest BCUT2D eigenvalue weighted by atomic mass is 10.0. The molecule has 0 saturated carbocycles. The van der Waals surface area contributed by atoms with E-state index in [9.17, 15) is 13.9 Å². The van der Waals surface area contributed by atoms with Gasteiger partial charge in [0, 0.05) is 4.88 Å². The van der Waals surface area contributed by atoms with Crippen molar-refractivity contribution < 1.29 is 23.4 Å². The summed E-state index contributed by atoms with van der Waals surface area (Å²) in [6, 6.07) is 8.51. The van der Waals surface area contributed by atoms with Gasteiger partial charge in [0.2, 0.25) is 0 Å². The summed E-state index contributed by atoms with van der Waals surface area (Å²) in [5.41, 5.74) is 0.531. The maximum atomic E-state index is 12.4. The predicted octanol–water partition coefficient (Wildman–Crippen LogP) is 4.02. The molecule has 0 radical (unpaired) electrons. The quantitative estimate of drug-likeness (QED) is 0.839. The summed E-state index contributed by atoms with van der Waals surface area (Å²) in [4.78, 5) is 1.17. The van der Waals surface area contributed by atoms with Crippen LogP contribution in [0, 0.1) is 0 Å². The molecule has 0 saturated heterocycles. The molecule has 3 nitrogen and oxygen atoms in total. The molecule has 21 heavy (non-hydrogen) atoms. The van der Waals surface area contributed by atoms with Crippen LogP contribution in [0.2, 0.25) is 0 Å². The summed E-state index contributed by atoms with van der Waals surface area (Å²) < 4.78 is 34.1. The van der Waals surface area contributed by atoms with Crippen LogP contribution in [0.3, 0.4) is 0 Å². The van der Waals surface area contributed by atoms with Crippen LogP contribution in [-0.2, 0) is 6.42 Å². The van der Waals surface area contributed by atoms with E-state index in [1.165, 1.54) is 24.1 Å². The summed E-state index contributed by atoms with van der Waals surface area (Å²) in [7, 11) is 1.38. The van der Waals surface area contributed by atoms with E-state index >= 15 is 0 Å². The number of alkyl halides is 2. The minimum Gasteiger partial charge on any atom is -0.493 e. The highest BCUT2D eigenvalue weighted by molar-refractivity contribution is 7.09. The first-order chi connectivity index (χ1) is 10.1. The second kappa shape index (κ2) is 7.38. The van der Waals surface area contributed by atoms with E-state index in [2.05, 4.69) is 4.74 Å². The number of rotatable bonds is 7. The molecule has 0 aliphatic heterocycles. The number of benzene rings is 1. The predicted molar refractivity (Wildman–Crippen MR) is 77.2 cm³/mol. The Morgan fingerprint density at radius 3 is 2.67 bits per heavy atom. The molecule has 1 atom stereocenters. The van der Waals surface area contributed by atoms with Gasteiger partial charge in [-0.1, -0.05) is 12.1 Å². The van der Waals surface area contributed by atoms with Gasteiger partial charge in [-0.2, -0.15) is 8.78 Å². The molecule has 1 aromatic heterocycles. The van der Waals surface area contributed by atoms with Gasteiger partial charge in [0.25, 0.3) is 0 Å². The Bertz CT molecular complexity index is 558. The SMILES string of the molecule is COc1ccc(C(O)CCc2cccs2)cc1OC(F)F. The van der Waals surface area contributed by atoms with Crippen LogP contribution in [0.5, 0.6) is 11.5 Å². The Hall–Kier alpha value is -1.66. The van der Waals surface area contributed by atoms with E-state index in [-0.39, 0.29) is 11.5 Å². The summed E-state index contributed by atoms with van der Waals surface area (Å²) in [5, 5.41) is 12.1. The number of aryl methyl sites for hydroxylation is 1. The van der Waals surface area contributed by atoms with E-state index < -0.39 is 12.7 Å². The molecule has 1 heterocycles. The highest BCUT2D eigenvalue weighted by Gasteiger charge is 2.15. The molecule has 2 rings (SSSR count). The number of aliphatic hydroxyl groups is 1. The van der Waals surface area contributed by atoms with Crippen LogP contribution in [-0.4, -0.2) is 18.8 Å². The standard InChI is InChI=1S/C15H16F2O3S/c1-19-13-7-4-10(9-14(13)20-15(16)17)12(18)6-5-11-3-2-8-21-11/h2-4,7-9,12,15,18H,5-6H2,1H3. The number of hydrogen-bond donors (Lipinski definition) is 1. The largest absolute Gasteiger partial charge is 0.493 e. The Morgan fingerprint density at radius 2 is 2.05 bits per heavy atom. The summed E-state index contributed by atoms with van der Waals surface area (Å²) in [6.45, 7) is -2.93. The van der Waals surface area contributed by atoms with Crippen molar-refractivity contribution in [1.29, 1.82) is 0 Å². The first kappa shape index (κ1) is 15.7. The molecule has 1 unspecified atom stereocenters. The van der Waals surface area contributed by atoms with Crippen molar-refractivity contribution in [2.45, 2.75) is 25.6 Å². The van der Waals surface area contributed by atoms with E-state index in [4.69, 9.17) is 4.74 Å². The second-order valence-corrected chi connectivity index (χ2v) is 5.45. The fraction of sp³-hybridized carbons (Fsp3) is 0.333. The molecule has 1 N–H and O–H groups in total. The van der Waals surface area contributed by atoms with Crippen LogP contribution < -0.4 is 9.47 Å². The number of aliphatic hydroxyl groups excluding tert-OH is 1. The normalized spacial score (nSPS) is 12.4. The Morgan fingerprint density at radius 1 is 1.24 bits per heavy atom. The third-order valence-electron chi connectivity index (χ3n) is 3.03. The van der Waals surface area contributed by atoms with Gasteiger partial charge in [0.1, 0.15) is 0 Å². The lowest BCUT2D eigenvalue weighted by Crippen LogP contribution is -2.05. The zero-order valence-corrected chi connectivity index (χ0v) is 12.3. The van der Waals surface area contributed by atoms with Gasteiger partial charge in [-0.15, -0.1) is 11.3 Å². The van der Waals surface area contributed by atoms with E-state index in [1.807, 2.05) is 17.5 Å². The van der Waals surface area contributed by atoms with E-state index in [0.717, 1.165) is 6.42 Å². The fourth-order valence-electron chi connectivity index (χ4n) is 1.99. The highest BCUT2D eigenvalue weighted by atomic mass is 32.1. The Balaban J connectivity index is 2.07. The molecule has 114 valence electrons. The van der Waals surface area contributed by atoms with Crippen molar-refractivity contribution in [3.63, 3.8) is 0 Å². The maximum absolute atomic E-state index is 12.4. The zero-order valence-electron chi connectivity index (χ0n) is 11.5. The summed E-state index contributed by atoms with van der Waals surface area (Å²) >= 11 is 1.62. The third kappa shape index (κ3) is 4.41. The van der Waals surface area contributed by atoms with Crippen molar-refractivity contribution >= 4 is 11.3 Å². The van der Waals surface area contributed by atoms with E-state index in [0.29, 0.717) is 12.0 Å². The molecule has 6 heteroatoms. The van der Waals surface area contributed by atoms with Crippen LogP contribution >= 0.6 is 11.3 Å². The summed E-state index contributed by atoms with van der Waals surface area (Å²) in [5.74, 6) is 0.143. The molecule has 0 spiro atoms. The topological polar surface area (TPSA) is 38.7 Å². The minimum absolute atomic E-state index is 0.0693. The van der Waals surface area contributed by atoms with Crippen LogP contribution in [0.4, 0.5) is 8.78 Å². The number of methoxy groups -OCH3 is 1. The van der Waals surface area contributed by atoms with E-state index in [1.54, 1.807) is 17.4 Å². The van der Waals surface area contributed by atoms with Gasteiger partial charge >= 0.3 is 6.61 Å². The fourth-order valence-corrected chi connectivity index (χ4v) is 2.71. The lowest BCUT2D eigenvalue weighted by molar-refractivity contribution is -0.0513. The Kier molecular flexibility index (Phi) is 5.52. The molecule has 0 bridgehead atoms. The van der Waals surface area contributed by atoms with Crippen molar-refractivity contribution in [2.75, 3.05) is 7.11 Å². The number of ether oxygens (including phenoxy) is 2. The molecule has 2 aromatic rings. The third-order valence-corrected chi connectivity index (χ3v) is 3.97. The molecule has 0 amide bonds. The van der Waals surface area contributed by atoms with Gasteiger partial charge in [-0.05, 0) is 42.0 Å². The molecule has 0 aliphatic carbocycles. The monoisotopic (exact) mass is 314 g/mol. The van der Waals surface area contributed by atoms with Crippen LogP contribution in [0.1, 0.15) is 23.0 Å². The molecule has 0 aliphatic rings. The molecule has 0 fully saturated rings. The van der Waals surface area contributed by atoms with Gasteiger partial charge in [0.05, 0.1) is 13.2 Å². The van der Waals surface area contributed by atoms with Crippen LogP contribution in [0.15, 0.2) is 35.7 Å². The highest BCUT2D eigenvalue weighted by Crippen LogP contribution is 2.32. The van der Waals surface area contributed by atoms with Crippen molar-refractivity contribution in [1.82, 2.24) is 0 Å². The van der Waals surface area contributed by atoms with Crippen molar-refractivity contribution in [2.24, 2.45) is 0 Å². The average molecular weight is 314 g/mol. The molecule has 1 aromatic carbocycles. The lowest BCUT2D eigenvalue weighted by Gasteiger charge is -2.15. The van der Waals surface area contributed by atoms with Crippen molar-refractivity contribution in [3.05, 3.63) is 46.2 Å². The number of hydrogen-bond acceptors (Lipinski definition) is 4. The first-order valence-corrected chi connectivity index (χ1v) is 7.31. The minimum atomic E-state index is -2.93. The molecular formula is C15H16F2O3S. The smallest absolute Gasteiger partial charge is 0.387 e. The molecular weight excluding hydrogens is 298 g/mol. The zero-order chi connectivity index (χ0) is 15.2. The Labute approximate surface area is 125 Å². The first-order valence-electron chi connectivity index (χ1n) is 6.43. The van der Waals surface area contributed by atoms with Gasteiger partial charge in [-0.3, -0.25) is 0 Å². The number of thiophene rings is 1. The number of halogens is 2. The van der Waals surface area contributed by atoms with Gasteiger partial charge in [-0.25, -0.2) is 0 Å². The van der Waals surface area contributed by atoms with Gasteiger partial charge in [0.15, 0.2) is 11.5 Å². The second-order valence-electron chi connectivity index (χ2n) is 4.42. The van der Waals surface area contributed by atoms with Crippen molar-refractivity contribution in [3.8, 4) is 11.5 Å². The van der Waals surface area contributed by atoms with Gasteiger partial charge < -0.3 is 14.6 Å². The van der Waals surface area contributed by atoms with Crippen LogP contribution in [0.25, 0.3) is 0 Å².